The fourth-order valence-electron chi connectivity index (χ4n) is 24.4. The summed E-state index contributed by atoms with van der Waals surface area (Å²) >= 11 is 0. The van der Waals surface area contributed by atoms with Crippen LogP contribution < -0.4 is 0 Å². The molecule has 10 saturated carbocycles. The molecule has 0 bridgehead atoms. The first kappa shape index (κ1) is 108. The van der Waals surface area contributed by atoms with Crippen molar-refractivity contribution in [3.63, 3.8) is 0 Å². The second-order valence-corrected chi connectivity index (χ2v) is 43.3. The highest BCUT2D eigenvalue weighted by atomic mass is 16.6. The molecule has 0 aromatic rings. The zero-order valence-electron chi connectivity index (χ0n) is 79.9. The molecule has 0 aromatic carbocycles. The smallest absolute Gasteiger partial charge is 0.314 e. The third kappa shape index (κ3) is 27.7. The number of carbonyl (C=O) groups excluding carboxylic acids is 10. The summed E-state index contributed by atoms with van der Waals surface area (Å²) in [5.41, 5.74) is -26.8. The number of carbonyl (C=O) groups is 10. The van der Waals surface area contributed by atoms with Crippen molar-refractivity contribution in [2.24, 2.45) is 54.1 Å². The molecule has 10 aliphatic rings. The van der Waals surface area contributed by atoms with E-state index in [1.807, 2.05) is 0 Å². The van der Waals surface area contributed by atoms with E-state index in [2.05, 4.69) is 0 Å². The minimum Gasteiger partial charge on any atom is -0.462 e. The molecule has 30 heteroatoms. The third-order valence-electron chi connectivity index (χ3n) is 32.5. The van der Waals surface area contributed by atoms with Gasteiger partial charge in [-0.3, -0.25) is 47.9 Å². The highest BCUT2D eigenvalue weighted by Crippen LogP contribution is 2.60. The summed E-state index contributed by atoms with van der Waals surface area (Å²) in [6.07, 6.45) is 7.74. The molecule has 10 fully saturated rings. The molecule has 30 nitrogen and oxygen atoms in total. The largest absolute Gasteiger partial charge is 0.462 e. The predicted molar refractivity (Wildman–Crippen MR) is 482 cm³/mol. The number of aliphatic hydroxyl groups is 10. The van der Waals surface area contributed by atoms with E-state index in [4.69, 9.17) is 47.4 Å². The maximum absolute atomic E-state index is 17.2. The van der Waals surface area contributed by atoms with Crippen LogP contribution in [0.1, 0.15) is 399 Å². The van der Waals surface area contributed by atoms with Crippen molar-refractivity contribution in [3.05, 3.63) is 0 Å². The summed E-state index contributed by atoms with van der Waals surface area (Å²) < 4.78 is 65.2. The van der Waals surface area contributed by atoms with E-state index in [0.717, 1.165) is 77.0 Å². The lowest BCUT2D eigenvalue weighted by Gasteiger charge is -2.50. The lowest BCUT2D eigenvalue weighted by molar-refractivity contribution is -0.196. The van der Waals surface area contributed by atoms with Gasteiger partial charge in [0, 0.05) is 0 Å². The number of hydrogen-bond acceptors (Lipinski definition) is 30. The fraction of sp³-hybridized carbons (Fsp3) is 0.902. The first-order chi connectivity index (χ1) is 63.5. The minimum absolute atomic E-state index is 0.222. The monoisotopic (exact) mass is 1870 g/mol. The average Bonchev–Trinajstić information content (AvgIpc) is 0.732. The van der Waals surface area contributed by atoms with Gasteiger partial charge >= 0.3 is 59.7 Å². The Morgan fingerprint density at radius 2 is 0.288 bits per heavy atom. The van der Waals surface area contributed by atoms with Crippen LogP contribution in [0.15, 0.2) is 0 Å². The van der Waals surface area contributed by atoms with Gasteiger partial charge < -0.3 is 98.4 Å². The topological polar surface area (TPSA) is 465 Å². The van der Waals surface area contributed by atoms with E-state index >= 15 is 47.9 Å². The minimum atomic E-state index is -2.99. The summed E-state index contributed by atoms with van der Waals surface area (Å²) in [5, 5.41) is 128. The average molecular weight is 1870 g/mol. The molecule has 10 unspecified atom stereocenters. The molecule has 0 saturated heterocycles. The van der Waals surface area contributed by atoms with E-state index < -0.39 is 299 Å². The molecule has 0 amide bonds. The fourth-order valence-corrected chi connectivity index (χ4v) is 24.4. The van der Waals surface area contributed by atoms with E-state index in [1.165, 1.54) is 6.92 Å². The number of hydrogen-bond donors (Lipinski definition) is 10. The normalized spacial score (nSPS) is 24.7. The van der Waals surface area contributed by atoms with Gasteiger partial charge in [0.05, 0.1) is 120 Å². The Morgan fingerprint density at radius 1 is 0.174 bits per heavy atom. The molecule has 10 rings (SSSR count). The van der Waals surface area contributed by atoms with Crippen LogP contribution in [0.3, 0.4) is 0 Å². The van der Waals surface area contributed by atoms with Gasteiger partial charge in [0.2, 0.25) is 0 Å². The van der Waals surface area contributed by atoms with Crippen LogP contribution in [0.25, 0.3) is 0 Å². The van der Waals surface area contributed by atoms with Gasteiger partial charge in [-0.05, 0) is 328 Å². The summed E-state index contributed by atoms with van der Waals surface area (Å²) in [4.78, 5) is 165. The second kappa shape index (κ2) is 51.3. The molecule has 132 heavy (non-hydrogen) atoms. The van der Waals surface area contributed by atoms with Crippen molar-refractivity contribution < 1.29 is 146 Å². The summed E-state index contributed by atoms with van der Waals surface area (Å²) in [6.45, 7) is -10.3. The highest BCUT2D eigenvalue weighted by Gasteiger charge is 2.68. The quantitative estimate of drug-likeness (QED) is 0.0200. The lowest BCUT2D eigenvalue weighted by Crippen LogP contribution is -2.59. The maximum atomic E-state index is 17.2. The Labute approximate surface area is 782 Å². The first-order valence-electron chi connectivity index (χ1n) is 51.7. The molecule has 0 aliphatic heterocycles. The Hall–Kier alpha value is -5.70. The zero-order valence-corrected chi connectivity index (χ0v) is 79.9. The first-order valence-corrected chi connectivity index (χ1v) is 51.7. The second-order valence-electron chi connectivity index (χ2n) is 43.3. The van der Waals surface area contributed by atoms with Crippen LogP contribution in [0, 0.1) is 54.1 Å². The number of aliphatic hydroxyl groups excluding tert-OH is 10. The van der Waals surface area contributed by atoms with Crippen LogP contribution in [0.2, 0.25) is 0 Å². The standard InChI is InChI=1S/C102H166O30/c1-3-94(64-104,84(114)124-74-36-16-5-17-37-74)55-96(66-106,86(116)126-76-40-20-7-21-41-76)57-98(68-108,88(118)128-78-44-24-9-25-45-78)59-100(70-110,90(120)130-80-48-28-11-29-49-80)61-102(72-112,92(122)132-82-52-32-13-33-53-82)62-101(71-111,91(121)131-81-50-30-12-31-51-81)60-99(69-109,89(119)129-79-46-26-10-27-47-79)58-97(67-107,87(117)127-77-42-22-8-23-43-77)56-95(65-105,85(115)125-75-38-18-6-19-39-75)54-93(2,63-103)83(113)123-73-34-14-4-15-35-73/h73-82,103-112H,3-72H2,1-2H3. The highest BCUT2D eigenvalue weighted by molar-refractivity contribution is 5.89. The Balaban J connectivity index is 1.23. The van der Waals surface area contributed by atoms with Gasteiger partial charge in [-0.25, -0.2) is 0 Å². The third-order valence-corrected chi connectivity index (χ3v) is 32.5. The molecule has 10 N–H and O–H groups in total. The SMILES string of the molecule is CCC(CO)(CC(CO)(CC(CO)(CC(CO)(CC(CO)(CC(CO)(CC(CO)(CC(CO)(CC(CO)(CC(C)(CO)C(=O)OC1CCCCC1)C(=O)OC1CCCCC1)C(=O)OC1CCCCC1)C(=O)OC1CCCCC1)C(=O)OC1CCCCC1)C(=O)OC1CCCCC1)C(=O)OC1CCCCC1)C(=O)OC1CCCCC1)C(=O)OC1CCCCC1)C(=O)OC1CCCCC1. The maximum Gasteiger partial charge on any atom is 0.314 e. The van der Waals surface area contributed by atoms with Crippen LogP contribution in [-0.2, 0) is 95.3 Å². The molecule has 0 spiro atoms. The molecule has 0 heterocycles. The van der Waals surface area contributed by atoms with Gasteiger partial charge in [-0.1, -0.05) is 71.1 Å². The van der Waals surface area contributed by atoms with Crippen LogP contribution in [0.5, 0.6) is 0 Å². The van der Waals surface area contributed by atoms with Crippen molar-refractivity contribution in [2.45, 2.75) is 460 Å². The number of esters is 10. The van der Waals surface area contributed by atoms with Gasteiger partial charge in [0.1, 0.15) is 61.0 Å². The van der Waals surface area contributed by atoms with E-state index in [-0.39, 0.29) is 57.8 Å². The van der Waals surface area contributed by atoms with Crippen LogP contribution in [-0.4, -0.2) is 238 Å². The summed E-state index contributed by atoms with van der Waals surface area (Å²) in [6, 6.07) is 0. The van der Waals surface area contributed by atoms with E-state index in [0.29, 0.717) is 193 Å². The molecule has 10 aliphatic carbocycles. The molecular formula is C102H166O30. The molecule has 754 valence electrons. The number of ether oxygens (including phenoxy) is 10. The van der Waals surface area contributed by atoms with Crippen molar-refractivity contribution >= 4 is 59.7 Å². The molecular weight excluding hydrogens is 1710 g/mol. The Kier molecular flexibility index (Phi) is 42.1. The van der Waals surface area contributed by atoms with E-state index in [1.54, 1.807) is 6.92 Å². The Morgan fingerprint density at radius 3 is 0.409 bits per heavy atom. The van der Waals surface area contributed by atoms with Crippen LogP contribution in [0.4, 0.5) is 0 Å². The lowest BCUT2D eigenvalue weighted by atomic mass is 9.54. The van der Waals surface area contributed by atoms with Crippen molar-refractivity contribution in [2.75, 3.05) is 66.1 Å². The van der Waals surface area contributed by atoms with Crippen LogP contribution >= 0.6 is 0 Å². The molecule has 0 radical (unpaired) electrons. The predicted octanol–water partition coefficient (Wildman–Crippen LogP) is 13.5. The van der Waals surface area contributed by atoms with Gasteiger partial charge in [0.15, 0.2) is 0 Å². The molecule has 0 aromatic heterocycles. The Bertz CT molecular complexity index is 3570. The van der Waals surface area contributed by atoms with Crippen molar-refractivity contribution in [3.8, 4) is 0 Å². The van der Waals surface area contributed by atoms with Crippen molar-refractivity contribution in [1.29, 1.82) is 0 Å². The van der Waals surface area contributed by atoms with E-state index in [9.17, 15) is 51.1 Å². The van der Waals surface area contributed by atoms with Gasteiger partial charge in [-0.15, -0.1) is 0 Å². The van der Waals surface area contributed by atoms with Gasteiger partial charge in [-0.2, -0.15) is 0 Å². The van der Waals surface area contributed by atoms with Gasteiger partial charge in [0.25, 0.3) is 0 Å². The zero-order chi connectivity index (χ0) is 95.1. The molecule has 10 atom stereocenters. The summed E-state index contributed by atoms with van der Waals surface area (Å²) in [5.74, 6) is -12.1. The summed E-state index contributed by atoms with van der Waals surface area (Å²) in [7, 11) is 0. The number of rotatable bonds is 49. The van der Waals surface area contributed by atoms with Crippen molar-refractivity contribution in [1.82, 2.24) is 0 Å².